The molecule has 0 bridgehead atoms. The second kappa shape index (κ2) is 11.7. The van der Waals surface area contributed by atoms with Crippen LogP contribution >= 0.6 is 23.2 Å². The number of hydrogen-bond donors (Lipinski definition) is 1. The first-order chi connectivity index (χ1) is 9.96. The predicted molar refractivity (Wildman–Crippen MR) is 85.6 cm³/mol. The highest BCUT2D eigenvalue weighted by Gasteiger charge is 2.24. The summed E-state index contributed by atoms with van der Waals surface area (Å²) in [5, 5.41) is 2.65. The number of nitrogens with zero attached hydrogens (tertiary/aromatic N) is 1. The van der Waals surface area contributed by atoms with Crippen LogP contribution in [0, 0.1) is 5.92 Å². The first-order valence-electron chi connectivity index (χ1n) is 6.97. The Kier molecular flexibility index (Phi) is 11.2. The third kappa shape index (κ3) is 8.83. The van der Waals surface area contributed by atoms with Gasteiger partial charge in [0, 0.05) is 37.1 Å². The fourth-order valence-corrected chi connectivity index (χ4v) is 2.02. The van der Waals surface area contributed by atoms with Crippen molar-refractivity contribution >= 4 is 35.1 Å². The summed E-state index contributed by atoms with van der Waals surface area (Å²) in [4.78, 5) is 25.5. The van der Waals surface area contributed by atoms with E-state index in [0.29, 0.717) is 24.8 Å². The van der Waals surface area contributed by atoms with Crippen LogP contribution in [0.1, 0.15) is 20.8 Å². The van der Waals surface area contributed by atoms with E-state index in [9.17, 15) is 9.59 Å². The van der Waals surface area contributed by atoms with E-state index < -0.39 is 12.0 Å². The van der Waals surface area contributed by atoms with Crippen LogP contribution in [0.4, 0.5) is 0 Å². The Bertz CT molecular complexity index is 343. The topological polar surface area (TPSA) is 58.6 Å². The molecule has 0 aliphatic heterocycles. The fourth-order valence-electron chi connectivity index (χ4n) is 1.58. The summed E-state index contributed by atoms with van der Waals surface area (Å²) >= 11 is 11.3. The fraction of sp³-hybridized carbons (Fsp3) is 0.714. The van der Waals surface area contributed by atoms with Gasteiger partial charge in [0.15, 0.2) is 0 Å². The molecule has 7 heteroatoms. The van der Waals surface area contributed by atoms with Crippen LogP contribution in [0.25, 0.3) is 0 Å². The molecular weight excluding hydrogens is 315 g/mol. The summed E-state index contributed by atoms with van der Waals surface area (Å²) in [6.45, 7) is 6.91. The quantitative estimate of drug-likeness (QED) is 0.376. The Balaban J connectivity index is 4.57. The Morgan fingerprint density at radius 2 is 1.81 bits per heavy atom. The molecule has 0 radical (unpaired) electrons. The van der Waals surface area contributed by atoms with Crippen molar-refractivity contribution in [1.82, 2.24) is 10.2 Å². The Hall–Kier alpha value is -0.940. The number of halogens is 2. The first-order valence-corrected chi connectivity index (χ1v) is 8.04. The second-order valence-corrected chi connectivity index (χ2v) is 5.47. The monoisotopic (exact) mass is 338 g/mol. The molecule has 0 aromatic carbocycles. The number of nitrogens with one attached hydrogen (secondary N) is 1. The van der Waals surface area contributed by atoms with E-state index in [1.807, 2.05) is 18.7 Å². The van der Waals surface area contributed by atoms with Crippen molar-refractivity contribution in [1.29, 1.82) is 0 Å². The molecule has 1 unspecified atom stereocenters. The molecule has 0 saturated carbocycles. The summed E-state index contributed by atoms with van der Waals surface area (Å²) < 4.78 is 4.95. The van der Waals surface area contributed by atoms with Crippen molar-refractivity contribution in [3.8, 4) is 0 Å². The summed E-state index contributed by atoms with van der Waals surface area (Å²) in [6.07, 6.45) is 3.00. The molecule has 0 aliphatic carbocycles. The number of amides is 1. The van der Waals surface area contributed by atoms with Crippen LogP contribution in [-0.2, 0) is 14.3 Å². The van der Waals surface area contributed by atoms with E-state index in [4.69, 9.17) is 27.9 Å². The van der Waals surface area contributed by atoms with Gasteiger partial charge in [0.25, 0.3) is 0 Å². The number of alkyl halides is 2. The minimum absolute atomic E-state index is 0.0526. The minimum atomic E-state index is -0.656. The molecule has 21 heavy (non-hydrogen) atoms. The van der Waals surface area contributed by atoms with Gasteiger partial charge in [-0.15, -0.1) is 23.2 Å². The third-order valence-corrected chi connectivity index (χ3v) is 3.02. The summed E-state index contributed by atoms with van der Waals surface area (Å²) in [7, 11) is 0. The molecule has 0 aromatic rings. The Labute approximate surface area is 136 Å². The number of carbonyl (C=O) groups is 2. The lowest BCUT2D eigenvalue weighted by molar-refractivity contribution is -0.148. The zero-order chi connectivity index (χ0) is 16.3. The molecule has 1 atom stereocenters. The lowest BCUT2D eigenvalue weighted by Gasteiger charge is -2.20. The van der Waals surface area contributed by atoms with E-state index in [1.165, 1.54) is 6.08 Å². The normalized spacial score (nSPS) is 12.5. The molecule has 1 amide bonds. The highest BCUT2D eigenvalue weighted by atomic mass is 35.5. The van der Waals surface area contributed by atoms with Gasteiger partial charge in [0.05, 0.1) is 6.61 Å². The van der Waals surface area contributed by atoms with Crippen LogP contribution in [0.3, 0.4) is 0 Å². The number of esters is 1. The zero-order valence-electron chi connectivity index (χ0n) is 12.8. The third-order valence-electron chi connectivity index (χ3n) is 2.69. The van der Waals surface area contributed by atoms with E-state index in [-0.39, 0.29) is 18.4 Å². The molecule has 5 nitrogen and oxygen atoms in total. The largest absolute Gasteiger partial charge is 0.464 e. The zero-order valence-corrected chi connectivity index (χ0v) is 14.3. The van der Waals surface area contributed by atoms with Crippen molar-refractivity contribution in [2.75, 3.05) is 31.5 Å². The van der Waals surface area contributed by atoms with Gasteiger partial charge < -0.3 is 15.0 Å². The van der Waals surface area contributed by atoms with Gasteiger partial charge in [-0.25, -0.2) is 4.79 Å². The molecular formula is C14H24Cl2N2O3. The van der Waals surface area contributed by atoms with Gasteiger partial charge in [-0.3, -0.25) is 4.79 Å². The van der Waals surface area contributed by atoms with E-state index in [2.05, 4.69) is 5.32 Å². The molecule has 0 spiro atoms. The lowest BCUT2D eigenvalue weighted by Crippen LogP contribution is -2.44. The summed E-state index contributed by atoms with van der Waals surface area (Å²) in [5.41, 5.74) is 0. The Morgan fingerprint density at radius 1 is 1.24 bits per heavy atom. The van der Waals surface area contributed by atoms with Crippen molar-refractivity contribution in [2.24, 2.45) is 5.92 Å². The van der Waals surface area contributed by atoms with Crippen LogP contribution < -0.4 is 5.32 Å². The summed E-state index contributed by atoms with van der Waals surface area (Å²) in [5.74, 6) is 0.0623. The molecule has 0 heterocycles. The minimum Gasteiger partial charge on any atom is -0.464 e. The first kappa shape index (κ1) is 20.1. The SMILES string of the molecule is CCOC(=O)C(NC(=O)/C=C/N(CCCl)CCCl)C(C)C. The van der Waals surface area contributed by atoms with Gasteiger partial charge in [-0.2, -0.15) is 0 Å². The lowest BCUT2D eigenvalue weighted by atomic mass is 10.0. The number of ether oxygens (including phenoxy) is 1. The van der Waals surface area contributed by atoms with Gasteiger partial charge in [0.2, 0.25) is 5.91 Å². The van der Waals surface area contributed by atoms with Gasteiger partial charge in [-0.05, 0) is 12.8 Å². The van der Waals surface area contributed by atoms with Crippen molar-refractivity contribution in [3.05, 3.63) is 12.3 Å². The highest BCUT2D eigenvalue weighted by molar-refractivity contribution is 6.18. The van der Waals surface area contributed by atoms with Crippen LogP contribution in [0.15, 0.2) is 12.3 Å². The molecule has 0 aromatic heterocycles. The van der Waals surface area contributed by atoms with Crippen molar-refractivity contribution in [2.45, 2.75) is 26.8 Å². The maximum atomic E-state index is 11.9. The smallest absolute Gasteiger partial charge is 0.328 e. The molecule has 0 aliphatic rings. The average molecular weight is 339 g/mol. The van der Waals surface area contributed by atoms with Gasteiger partial charge >= 0.3 is 5.97 Å². The maximum absolute atomic E-state index is 11.9. The second-order valence-electron chi connectivity index (χ2n) is 4.71. The van der Waals surface area contributed by atoms with Crippen molar-refractivity contribution in [3.63, 3.8) is 0 Å². The average Bonchev–Trinajstić information content (AvgIpc) is 2.42. The molecule has 0 saturated heterocycles. The highest BCUT2D eigenvalue weighted by Crippen LogP contribution is 2.04. The summed E-state index contributed by atoms with van der Waals surface area (Å²) in [6, 6.07) is -0.656. The standard InChI is InChI=1S/C14H24Cl2N2O3/c1-4-21-14(20)13(11(2)3)17-12(19)5-8-18(9-6-15)10-7-16/h5,8,11,13H,4,6-7,9-10H2,1-3H3,(H,17,19)/b8-5+. The molecule has 122 valence electrons. The molecule has 0 rings (SSSR count). The predicted octanol–water partition coefficient (Wildman–Crippen LogP) is 1.98. The maximum Gasteiger partial charge on any atom is 0.328 e. The van der Waals surface area contributed by atoms with E-state index >= 15 is 0 Å². The van der Waals surface area contributed by atoms with Gasteiger partial charge in [0.1, 0.15) is 6.04 Å². The van der Waals surface area contributed by atoms with Crippen LogP contribution in [0.5, 0.6) is 0 Å². The number of rotatable bonds is 10. The number of carbonyl (C=O) groups excluding carboxylic acids is 2. The molecule has 1 N–H and O–H groups in total. The van der Waals surface area contributed by atoms with Gasteiger partial charge in [-0.1, -0.05) is 13.8 Å². The van der Waals surface area contributed by atoms with Crippen molar-refractivity contribution < 1.29 is 14.3 Å². The van der Waals surface area contributed by atoms with E-state index in [1.54, 1.807) is 13.1 Å². The Morgan fingerprint density at radius 3 is 2.24 bits per heavy atom. The van der Waals surface area contributed by atoms with Crippen LogP contribution in [-0.4, -0.2) is 54.3 Å². The van der Waals surface area contributed by atoms with E-state index in [0.717, 1.165) is 0 Å². The molecule has 0 fully saturated rings. The number of hydrogen-bond acceptors (Lipinski definition) is 4. The van der Waals surface area contributed by atoms with Crippen LogP contribution in [0.2, 0.25) is 0 Å².